The minimum Gasteiger partial charge on any atom is -0.398 e. The molecule has 0 bridgehead atoms. The average molecular weight is 410 g/mol. The molecule has 0 saturated heterocycles. The van der Waals surface area contributed by atoms with E-state index in [4.69, 9.17) is 17.3 Å². The van der Waals surface area contributed by atoms with Crippen LogP contribution in [0.5, 0.6) is 0 Å². The zero-order chi connectivity index (χ0) is 20.4. The molecule has 1 aliphatic carbocycles. The summed E-state index contributed by atoms with van der Waals surface area (Å²) < 4.78 is 0. The molecule has 1 saturated carbocycles. The normalized spacial score (nSPS) is 19.2. The highest BCUT2D eigenvalue weighted by atomic mass is 35.5. The number of carbonyl (C=O) groups is 1. The van der Waals surface area contributed by atoms with E-state index in [1.165, 1.54) is 0 Å². The number of benzene rings is 2. The van der Waals surface area contributed by atoms with Crippen LogP contribution in [0.15, 0.2) is 48.7 Å². The van der Waals surface area contributed by atoms with Crippen molar-refractivity contribution in [2.45, 2.75) is 44.2 Å². The van der Waals surface area contributed by atoms with Crippen LogP contribution in [0, 0.1) is 0 Å². The molecule has 0 aliphatic heterocycles. The fourth-order valence-electron chi connectivity index (χ4n) is 4.06. The van der Waals surface area contributed by atoms with Gasteiger partial charge in [-0.05, 0) is 47.9 Å². The predicted molar refractivity (Wildman–Crippen MR) is 116 cm³/mol. The van der Waals surface area contributed by atoms with E-state index in [2.05, 4.69) is 10.3 Å². The van der Waals surface area contributed by atoms with Crippen LogP contribution in [0.4, 0.5) is 5.69 Å². The Kier molecular flexibility index (Phi) is 5.69. The Morgan fingerprint density at radius 3 is 2.66 bits per heavy atom. The minimum atomic E-state index is -0.506. The van der Waals surface area contributed by atoms with Gasteiger partial charge in [0.1, 0.15) is 5.15 Å². The van der Waals surface area contributed by atoms with Crippen LogP contribution in [0.1, 0.15) is 47.2 Å². The lowest BCUT2D eigenvalue weighted by Crippen LogP contribution is -2.45. The average Bonchev–Trinajstić information content (AvgIpc) is 2.73. The Morgan fingerprint density at radius 1 is 1.17 bits per heavy atom. The molecule has 6 heteroatoms. The standard InChI is InChI=1S/C23H24ClN3O2/c24-21-10-9-14(13-26-21)11-15-12-18(22(25)17-6-2-1-5-16(15)17)23(29)27-19-7-3-4-8-20(19)28/h1-2,5-6,9-10,12-13,19-20,28H,3-4,7-8,11,25H2,(H,27,29)/t19-,20-/m0/s1. The third kappa shape index (κ3) is 4.21. The van der Waals surface area contributed by atoms with Gasteiger partial charge in [0.25, 0.3) is 5.91 Å². The number of nitrogens with one attached hydrogen (secondary N) is 1. The van der Waals surface area contributed by atoms with Gasteiger partial charge in [-0.25, -0.2) is 4.98 Å². The number of amides is 1. The maximum Gasteiger partial charge on any atom is 0.253 e. The number of hydrogen-bond acceptors (Lipinski definition) is 4. The third-order valence-corrected chi connectivity index (χ3v) is 5.87. The summed E-state index contributed by atoms with van der Waals surface area (Å²) in [7, 11) is 0. The number of hydrogen-bond donors (Lipinski definition) is 3. The van der Waals surface area contributed by atoms with Gasteiger partial charge in [0.15, 0.2) is 0 Å². The second-order valence-corrected chi connectivity index (χ2v) is 8.03. The van der Waals surface area contributed by atoms with Crippen molar-refractivity contribution in [1.29, 1.82) is 0 Å². The van der Waals surface area contributed by atoms with Gasteiger partial charge < -0.3 is 16.2 Å². The Morgan fingerprint density at radius 2 is 1.93 bits per heavy atom. The quantitative estimate of drug-likeness (QED) is 0.447. The lowest BCUT2D eigenvalue weighted by molar-refractivity contribution is 0.0718. The topological polar surface area (TPSA) is 88.2 Å². The van der Waals surface area contributed by atoms with Crippen LogP contribution < -0.4 is 11.1 Å². The van der Waals surface area contributed by atoms with Crippen LogP contribution in [0.25, 0.3) is 10.8 Å². The molecule has 29 heavy (non-hydrogen) atoms. The number of aliphatic hydroxyl groups is 1. The number of carbonyl (C=O) groups excluding carboxylic acids is 1. The van der Waals surface area contributed by atoms with Gasteiger partial charge in [0, 0.05) is 11.6 Å². The largest absolute Gasteiger partial charge is 0.398 e. The second kappa shape index (κ2) is 8.39. The van der Waals surface area contributed by atoms with E-state index in [1.54, 1.807) is 12.3 Å². The summed E-state index contributed by atoms with van der Waals surface area (Å²) in [5.74, 6) is -0.241. The van der Waals surface area contributed by atoms with Crippen molar-refractivity contribution < 1.29 is 9.90 Å². The molecular weight excluding hydrogens is 386 g/mol. The summed E-state index contributed by atoms with van der Waals surface area (Å²) in [6.07, 6.45) is 5.34. The molecule has 0 unspecified atom stereocenters. The van der Waals surface area contributed by atoms with Gasteiger partial charge in [-0.15, -0.1) is 0 Å². The molecule has 2 atom stereocenters. The van der Waals surface area contributed by atoms with E-state index in [9.17, 15) is 9.90 Å². The highest BCUT2D eigenvalue weighted by Crippen LogP contribution is 2.30. The van der Waals surface area contributed by atoms with Crippen LogP contribution >= 0.6 is 11.6 Å². The second-order valence-electron chi connectivity index (χ2n) is 7.64. The summed E-state index contributed by atoms with van der Waals surface area (Å²) in [4.78, 5) is 17.2. The number of aliphatic hydroxyl groups excluding tert-OH is 1. The minimum absolute atomic E-state index is 0.231. The molecule has 1 fully saturated rings. The number of pyridine rings is 1. The SMILES string of the molecule is Nc1c(C(=O)N[C@H]2CCCC[C@@H]2O)cc(Cc2ccc(Cl)nc2)c2ccccc12. The lowest BCUT2D eigenvalue weighted by atomic mass is 9.91. The molecule has 3 aromatic rings. The van der Waals surface area contributed by atoms with E-state index < -0.39 is 6.10 Å². The number of rotatable bonds is 4. The van der Waals surface area contributed by atoms with E-state index in [1.807, 2.05) is 36.4 Å². The predicted octanol–water partition coefficient (Wildman–Crippen LogP) is 4.09. The molecule has 1 amide bonds. The first-order chi connectivity index (χ1) is 14.0. The summed E-state index contributed by atoms with van der Waals surface area (Å²) in [5.41, 5.74) is 9.28. The van der Waals surface area contributed by atoms with Gasteiger partial charge in [0.05, 0.1) is 23.4 Å². The number of aromatic nitrogens is 1. The molecular formula is C23H24ClN3O2. The summed E-state index contributed by atoms with van der Waals surface area (Å²) in [6, 6.07) is 13.1. The van der Waals surface area contributed by atoms with Gasteiger partial charge in [0.2, 0.25) is 0 Å². The van der Waals surface area contributed by atoms with Crippen molar-refractivity contribution in [3.05, 3.63) is 70.5 Å². The highest BCUT2D eigenvalue weighted by Gasteiger charge is 2.26. The van der Waals surface area contributed by atoms with Crippen molar-refractivity contribution in [3.63, 3.8) is 0 Å². The van der Waals surface area contributed by atoms with Crippen molar-refractivity contribution in [2.24, 2.45) is 0 Å². The number of fused-ring (bicyclic) bond motifs is 1. The van der Waals surface area contributed by atoms with Gasteiger partial charge in [-0.3, -0.25) is 4.79 Å². The molecule has 0 radical (unpaired) electrons. The fourth-order valence-corrected chi connectivity index (χ4v) is 4.18. The van der Waals surface area contributed by atoms with E-state index in [0.717, 1.165) is 41.2 Å². The van der Waals surface area contributed by atoms with E-state index >= 15 is 0 Å². The maximum atomic E-state index is 13.0. The molecule has 1 aliphatic rings. The Balaban J connectivity index is 1.71. The van der Waals surface area contributed by atoms with E-state index in [-0.39, 0.29) is 11.9 Å². The van der Waals surface area contributed by atoms with E-state index in [0.29, 0.717) is 29.2 Å². The zero-order valence-corrected chi connectivity index (χ0v) is 16.8. The van der Waals surface area contributed by atoms with Gasteiger partial charge in [-0.1, -0.05) is 54.8 Å². The lowest BCUT2D eigenvalue weighted by Gasteiger charge is -2.28. The molecule has 4 rings (SSSR count). The van der Waals surface area contributed by atoms with Crippen LogP contribution in [-0.4, -0.2) is 28.1 Å². The molecule has 0 spiro atoms. The number of nitrogens with zero attached hydrogens (tertiary/aromatic N) is 1. The van der Waals surface area contributed by atoms with Crippen molar-refractivity contribution in [1.82, 2.24) is 10.3 Å². The highest BCUT2D eigenvalue weighted by molar-refractivity contribution is 6.29. The number of nitrogens with two attached hydrogens (primary N) is 1. The van der Waals surface area contributed by atoms with Gasteiger partial charge in [-0.2, -0.15) is 0 Å². The zero-order valence-electron chi connectivity index (χ0n) is 16.1. The number of halogens is 1. The Labute approximate surface area is 174 Å². The van der Waals surface area contributed by atoms with Crippen LogP contribution in [-0.2, 0) is 6.42 Å². The molecule has 4 N–H and O–H groups in total. The first-order valence-electron chi connectivity index (χ1n) is 9.92. The van der Waals surface area contributed by atoms with Crippen molar-refractivity contribution in [2.75, 3.05) is 5.73 Å². The first-order valence-corrected chi connectivity index (χ1v) is 10.3. The monoisotopic (exact) mass is 409 g/mol. The van der Waals surface area contributed by atoms with Crippen LogP contribution in [0.3, 0.4) is 0 Å². The smallest absolute Gasteiger partial charge is 0.253 e. The number of nitrogen functional groups attached to an aromatic ring is 1. The fraction of sp³-hybridized carbons (Fsp3) is 0.304. The molecule has 2 aromatic carbocycles. The molecule has 150 valence electrons. The van der Waals surface area contributed by atoms with Gasteiger partial charge >= 0.3 is 0 Å². The van der Waals surface area contributed by atoms with Crippen molar-refractivity contribution in [3.8, 4) is 0 Å². The third-order valence-electron chi connectivity index (χ3n) is 5.65. The van der Waals surface area contributed by atoms with Crippen molar-refractivity contribution >= 4 is 34.0 Å². The Bertz CT molecular complexity index is 1040. The Hall–Kier alpha value is -2.63. The molecule has 1 heterocycles. The molecule has 5 nitrogen and oxygen atoms in total. The number of anilines is 1. The summed E-state index contributed by atoms with van der Waals surface area (Å²) >= 11 is 5.90. The summed E-state index contributed by atoms with van der Waals surface area (Å²) in [5, 5.41) is 15.5. The van der Waals surface area contributed by atoms with Crippen LogP contribution in [0.2, 0.25) is 5.15 Å². The summed E-state index contributed by atoms with van der Waals surface area (Å²) in [6.45, 7) is 0. The molecule has 1 aromatic heterocycles. The first kappa shape index (κ1) is 19.7. The maximum absolute atomic E-state index is 13.0.